The SMILES string of the molecule is CCCC(CCC)COc1cccc(OC(=O)CN)c1. The van der Waals surface area contributed by atoms with E-state index in [9.17, 15) is 4.79 Å². The molecule has 0 aliphatic heterocycles. The van der Waals surface area contributed by atoms with E-state index in [1.807, 2.05) is 12.1 Å². The van der Waals surface area contributed by atoms with E-state index in [2.05, 4.69) is 13.8 Å². The van der Waals surface area contributed by atoms with Gasteiger partial charge in [-0.05, 0) is 30.9 Å². The summed E-state index contributed by atoms with van der Waals surface area (Å²) in [6.45, 7) is 4.96. The molecular formula is C16H25NO3. The molecule has 0 aliphatic rings. The van der Waals surface area contributed by atoms with Crippen molar-refractivity contribution in [2.24, 2.45) is 11.7 Å². The smallest absolute Gasteiger partial charge is 0.325 e. The van der Waals surface area contributed by atoms with E-state index in [-0.39, 0.29) is 6.54 Å². The van der Waals surface area contributed by atoms with Gasteiger partial charge in [-0.15, -0.1) is 0 Å². The molecule has 1 rings (SSSR count). The van der Waals surface area contributed by atoms with Crippen LogP contribution in [0.15, 0.2) is 24.3 Å². The fourth-order valence-electron chi connectivity index (χ4n) is 2.14. The zero-order chi connectivity index (χ0) is 14.8. The Morgan fingerprint density at radius 1 is 1.20 bits per heavy atom. The minimum absolute atomic E-state index is 0.125. The molecule has 0 fully saturated rings. The molecule has 4 heteroatoms. The molecule has 0 atom stereocenters. The maximum Gasteiger partial charge on any atom is 0.325 e. The first-order valence-electron chi connectivity index (χ1n) is 7.33. The largest absolute Gasteiger partial charge is 0.493 e. The summed E-state index contributed by atoms with van der Waals surface area (Å²) >= 11 is 0. The standard InChI is InChI=1S/C16H25NO3/c1-3-6-13(7-4-2)12-19-14-8-5-9-15(10-14)20-16(18)11-17/h5,8-10,13H,3-4,6-7,11-12,17H2,1-2H3. The Balaban J connectivity index is 2.54. The van der Waals surface area contributed by atoms with Crippen LogP contribution in [0.5, 0.6) is 11.5 Å². The van der Waals surface area contributed by atoms with Gasteiger partial charge in [-0.1, -0.05) is 32.8 Å². The van der Waals surface area contributed by atoms with Gasteiger partial charge in [0.15, 0.2) is 0 Å². The number of esters is 1. The van der Waals surface area contributed by atoms with Gasteiger partial charge in [0.2, 0.25) is 0 Å². The average molecular weight is 279 g/mol. The quantitative estimate of drug-likeness (QED) is 0.557. The average Bonchev–Trinajstić information content (AvgIpc) is 2.45. The Morgan fingerprint density at radius 3 is 2.45 bits per heavy atom. The summed E-state index contributed by atoms with van der Waals surface area (Å²) in [5.74, 6) is 1.34. The predicted molar refractivity (Wildman–Crippen MR) is 79.9 cm³/mol. The molecule has 1 aromatic rings. The molecule has 112 valence electrons. The second kappa shape index (κ2) is 9.37. The Labute approximate surface area is 121 Å². The molecule has 0 heterocycles. The van der Waals surface area contributed by atoms with Crippen molar-refractivity contribution in [1.29, 1.82) is 0 Å². The Bertz CT molecular complexity index is 400. The van der Waals surface area contributed by atoms with Crippen LogP contribution < -0.4 is 15.2 Å². The number of nitrogens with two attached hydrogens (primary N) is 1. The van der Waals surface area contributed by atoms with E-state index in [0.29, 0.717) is 18.3 Å². The number of hydrogen-bond acceptors (Lipinski definition) is 4. The zero-order valence-electron chi connectivity index (χ0n) is 12.4. The summed E-state index contributed by atoms with van der Waals surface area (Å²) in [6.07, 6.45) is 4.69. The van der Waals surface area contributed by atoms with E-state index < -0.39 is 5.97 Å². The first-order valence-corrected chi connectivity index (χ1v) is 7.33. The van der Waals surface area contributed by atoms with Crippen molar-refractivity contribution in [2.45, 2.75) is 39.5 Å². The van der Waals surface area contributed by atoms with E-state index in [1.54, 1.807) is 12.1 Å². The van der Waals surface area contributed by atoms with Crippen LogP contribution in [0.25, 0.3) is 0 Å². The third kappa shape index (κ3) is 6.06. The van der Waals surface area contributed by atoms with Gasteiger partial charge in [-0.3, -0.25) is 4.79 Å². The maximum atomic E-state index is 11.1. The van der Waals surface area contributed by atoms with Gasteiger partial charge < -0.3 is 15.2 Å². The lowest BCUT2D eigenvalue weighted by atomic mass is 9.99. The topological polar surface area (TPSA) is 61.5 Å². The highest BCUT2D eigenvalue weighted by Gasteiger charge is 2.09. The summed E-state index contributed by atoms with van der Waals surface area (Å²) in [6, 6.07) is 7.12. The second-order valence-electron chi connectivity index (χ2n) is 4.91. The minimum Gasteiger partial charge on any atom is -0.493 e. The number of benzene rings is 1. The molecule has 0 bridgehead atoms. The maximum absolute atomic E-state index is 11.1. The van der Waals surface area contributed by atoms with Gasteiger partial charge in [-0.2, -0.15) is 0 Å². The third-order valence-electron chi connectivity index (χ3n) is 3.08. The van der Waals surface area contributed by atoms with E-state index in [1.165, 1.54) is 25.7 Å². The van der Waals surface area contributed by atoms with Gasteiger partial charge >= 0.3 is 5.97 Å². The van der Waals surface area contributed by atoms with Crippen LogP contribution in [0.4, 0.5) is 0 Å². The Hall–Kier alpha value is -1.55. The molecule has 4 nitrogen and oxygen atoms in total. The lowest BCUT2D eigenvalue weighted by Gasteiger charge is -2.16. The van der Waals surface area contributed by atoms with E-state index in [0.717, 1.165) is 5.75 Å². The molecule has 2 N–H and O–H groups in total. The zero-order valence-corrected chi connectivity index (χ0v) is 12.4. The van der Waals surface area contributed by atoms with E-state index >= 15 is 0 Å². The van der Waals surface area contributed by atoms with Gasteiger partial charge in [0.05, 0.1) is 13.2 Å². The van der Waals surface area contributed by atoms with Crippen molar-refractivity contribution in [3.8, 4) is 11.5 Å². The van der Waals surface area contributed by atoms with Gasteiger partial charge in [0.1, 0.15) is 11.5 Å². The molecular weight excluding hydrogens is 254 g/mol. The lowest BCUT2D eigenvalue weighted by Crippen LogP contribution is -2.19. The molecule has 0 saturated heterocycles. The third-order valence-corrected chi connectivity index (χ3v) is 3.08. The number of rotatable bonds is 9. The molecule has 0 radical (unpaired) electrons. The fourth-order valence-corrected chi connectivity index (χ4v) is 2.14. The summed E-state index contributed by atoms with van der Waals surface area (Å²) in [5, 5.41) is 0. The minimum atomic E-state index is -0.447. The van der Waals surface area contributed by atoms with Gasteiger partial charge in [0, 0.05) is 6.07 Å². The van der Waals surface area contributed by atoms with Crippen LogP contribution in [0, 0.1) is 5.92 Å². The highest BCUT2D eigenvalue weighted by Crippen LogP contribution is 2.21. The molecule has 0 unspecified atom stereocenters. The molecule has 0 saturated carbocycles. The highest BCUT2D eigenvalue weighted by atomic mass is 16.5. The summed E-state index contributed by atoms with van der Waals surface area (Å²) < 4.78 is 10.9. The summed E-state index contributed by atoms with van der Waals surface area (Å²) in [5.41, 5.74) is 5.22. The molecule has 20 heavy (non-hydrogen) atoms. The Kier molecular flexibility index (Phi) is 7.73. The first kappa shape index (κ1) is 16.5. The van der Waals surface area contributed by atoms with Crippen LogP contribution in [0.1, 0.15) is 39.5 Å². The molecule has 0 aliphatic carbocycles. The van der Waals surface area contributed by atoms with Gasteiger partial charge in [0.25, 0.3) is 0 Å². The first-order chi connectivity index (χ1) is 9.69. The van der Waals surface area contributed by atoms with Crippen molar-refractivity contribution in [3.05, 3.63) is 24.3 Å². The van der Waals surface area contributed by atoms with Crippen molar-refractivity contribution < 1.29 is 14.3 Å². The number of carbonyl (C=O) groups excluding carboxylic acids is 1. The van der Waals surface area contributed by atoms with Crippen molar-refractivity contribution in [1.82, 2.24) is 0 Å². The molecule has 0 spiro atoms. The van der Waals surface area contributed by atoms with Crippen LogP contribution in [0.2, 0.25) is 0 Å². The highest BCUT2D eigenvalue weighted by molar-refractivity contribution is 5.74. The number of hydrogen-bond donors (Lipinski definition) is 1. The predicted octanol–water partition coefficient (Wildman–Crippen LogP) is 3.15. The summed E-state index contributed by atoms with van der Waals surface area (Å²) in [7, 11) is 0. The van der Waals surface area contributed by atoms with Crippen molar-refractivity contribution >= 4 is 5.97 Å². The van der Waals surface area contributed by atoms with Gasteiger partial charge in [-0.25, -0.2) is 0 Å². The lowest BCUT2D eigenvalue weighted by molar-refractivity contribution is -0.132. The number of ether oxygens (including phenoxy) is 2. The van der Waals surface area contributed by atoms with Crippen molar-refractivity contribution in [2.75, 3.05) is 13.2 Å². The van der Waals surface area contributed by atoms with Crippen LogP contribution in [0.3, 0.4) is 0 Å². The van der Waals surface area contributed by atoms with Crippen molar-refractivity contribution in [3.63, 3.8) is 0 Å². The number of carbonyl (C=O) groups is 1. The summed E-state index contributed by atoms with van der Waals surface area (Å²) in [4.78, 5) is 11.1. The van der Waals surface area contributed by atoms with Crippen LogP contribution >= 0.6 is 0 Å². The monoisotopic (exact) mass is 279 g/mol. The molecule has 0 amide bonds. The molecule has 0 aromatic heterocycles. The van der Waals surface area contributed by atoms with E-state index in [4.69, 9.17) is 15.2 Å². The fraction of sp³-hybridized carbons (Fsp3) is 0.562. The van der Waals surface area contributed by atoms with Crippen LogP contribution in [-0.4, -0.2) is 19.1 Å². The molecule has 1 aromatic carbocycles. The second-order valence-corrected chi connectivity index (χ2v) is 4.91. The Morgan fingerprint density at radius 2 is 1.85 bits per heavy atom. The normalized spacial score (nSPS) is 10.6. The van der Waals surface area contributed by atoms with Crippen LogP contribution in [-0.2, 0) is 4.79 Å².